The highest BCUT2D eigenvalue weighted by atomic mass is 16.5. The summed E-state index contributed by atoms with van der Waals surface area (Å²) >= 11 is 0. The van der Waals surface area contributed by atoms with Crippen LogP contribution in [0, 0.1) is 0 Å². The van der Waals surface area contributed by atoms with Gasteiger partial charge in [-0.2, -0.15) is 10.2 Å². The molecule has 0 aliphatic rings. The Hall–Kier alpha value is -7.48. The summed E-state index contributed by atoms with van der Waals surface area (Å²) in [5, 5.41) is 8.53. The van der Waals surface area contributed by atoms with Crippen molar-refractivity contribution in [3.8, 4) is 23.0 Å². The number of esters is 4. The van der Waals surface area contributed by atoms with Gasteiger partial charge in [0.05, 0.1) is 61.6 Å². The molecular weight excluding hydrogens is 769 g/mol. The number of rotatable bonds is 23. The van der Waals surface area contributed by atoms with Crippen LogP contribution >= 0.6 is 0 Å². The van der Waals surface area contributed by atoms with Gasteiger partial charge in [-0.15, -0.1) is 0 Å². The van der Waals surface area contributed by atoms with E-state index in [1.807, 2.05) is 24.3 Å². The third-order valence-electron chi connectivity index (χ3n) is 8.02. The van der Waals surface area contributed by atoms with Crippen LogP contribution in [0.15, 0.2) is 133 Å². The van der Waals surface area contributed by atoms with Gasteiger partial charge in [-0.25, -0.2) is 19.2 Å². The Kier molecular flexibility index (Phi) is 18.8. The molecule has 0 fully saturated rings. The van der Waals surface area contributed by atoms with Crippen LogP contribution < -0.4 is 18.9 Å². The van der Waals surface area contributed by atoms with Gasteiger partial charge < -0.3 is 28.4 Å². The lowest BCUT2D eigenvalue weighted by atomic mass is 10.2. The second-order valence-corrected chi connectivity index (χ2v) is 12.6. The number of aromatic nitrogens is 2. The van der Waals surface area contributed by atoms with Crippen molar-refractivity contribution in [2.75, 3.05) is 26.4 Å². The van der Waals surface area contributed by atoms with E-state index >= 15 is 0 Å². The van der Waals surface area contributed by atoms with Crippen molar-refractivity contribution in [3.05, 3.63) is 145 Å². The van der Waals surface area contributed by atoms with Gasteiger partial charge in [0.15, 0.2) is 0 Å². The van der Waals surface area contributed by atoms with Crippen molar-refractivity contribution in [2.45, 2.75) is 39.5 Å². The number of pyridine rings is 2. The fourth-order valence-electron chi connectivity index (χ4n) is 4.79. The Balaban J connectivity index is 1.17. The van der Waals surface area contributed by atoms with Crippen LogP contribution in [0.1, 0.15) is 62.0 Å². The van der Waals surface area contributed by atoms with Gasteiger partial charge in [0.2, 0.25) is 0 Å². The summed E-state index contributed by atoms with van der Waals surface area (Å²) in [5.41, 5.74) is 3.68. The first-order chi connectivity index (χ1) is 29.1. The van der Waals surface area contributed by atoms with Crippen LogP contribution in [0.2, 0.25) is 0 Å². The third-order valence-corrected chi connectivity index (χ3v) is 8.02. The molecule has 0 N–H and O–H groups in total. The molecule has 0 aliphatic heterocycles. The summed E-state index contributed by atoms with van der Waals surface area (Å²) in [6.45, 7) is 11.8. The molecule has 0 saturated carbocycles. The predicted octanol–water partition coefficient (Wildman–Crippen LogP) is 7.72. The van der Waals surface area contributed by atoms with Gasteiger partial charge in [-0.05, 0) is 111 Å². The number of unbranched alkanes of at least 4 members (excludes halogenated alkanes) is 2. The van der Waals surface area contributed by atoms with Crippen LogP contribution in [-0.4, -0.2) is 71.7 Å². The number of carbonyl (C=O) groups excluding carboxylic acids is 4. The maximum Gasteiger partial charge on any atom is 0.336 e. The highest BCUT2D eigenvalue weighted by Gasteiger charge is 2.07. The molecule has 0 saturated heterocycles. The molecule has 0 aliphatic carbocycles. The fourth-order valence-corrected chi connectivity index (χ4v) is 4.79. The van der Waals surface area contributed by atoms with Gasteiger partial charge in [0.25, 0.3) is 0 Å². The van der Waals surface area contributed by atoms with Gasteiger partial charge >= 0.3 is 23.9 Å². The highest BCUT2D eigenvalue weighted by Crippen LogP contribution is 2.17. The smallest absolute Gasteiger partial charge is 0.336 e. The lowest BCUT2D eigenvalue weighted by Gasteiger charge is -2.06. The normalized spacial score (nSPS) is 11.5. The monoisotopic (exact) mass is 814 g/mol. The Morgan fingerprint density at radius 1 is 0.517 bits per heavy atom. The Labute approximate surface area is 348 Å². The molecule has 4 rings (SSSR count). The molecule has 0 unspecified atom stereocenters. The second kappa shape index (κ2) is 25.0. The first-order valence-electron chi connectivity index (χ1n) is 19.0. The van der Waals surface area contributed by atoms with E-state index in [1.54, 1.807) is 74.5 Å². The second-order valence-electron chi connectivity index (χ2n) is 12.6. The van der Waals surface area contributed by atoms with E-state index in [1.165, 1.54) is 24.5 Å². The highest BCUT2D eigenvalue weighted by molar-refractivity contribution is 6.00. The summed E-state index contributed by atoms with van der Waals surface area (Å²) < 4.78 is 32.0. The van der Waals surface area contributed by atoms with Crippen LogP contribution in [0.3, 0.4) is 0 Å². The molecule has 2 aromatic heterocycles. The number of ether oxygens (including phenoxy) is 6. The molecule has 14 nitrogen and oxygen atoms in total. The van der Waals surface area contributed by atoms with Gasteiger partial charge in [-0.1, -0.05) is 37.4 Å². The van der Waals surface area contributed by atoms with E-state index in [9.17, 15) is 19.2 Å². The summed E-state index contributed by atoms with van der Waals surface area (Å²) in [4.78, 5) is 55.6. The summed E-state index contributed by atoms with van der Waals surface area (Å²) in [6.07, 6.45) is 13.8. The number of hydrogen-bond acceptors (Lipinski definition) is 14. The van der Waals surface area contributed by atoms with Crippen molar-refractivity contribution in [1.29, 1.82) is 0 Å². The van der Waals surface area contributed by atoms with E-state index < -0.39 is 23.9 Å². The largest absolute Gasteiger partial charge is 0.494 e. The Morgan fingerprint density at radius 2 is 0.883 bits per heavy atom. The quantitative estimate of drug-likeness (QED) is 0.0235. The van der Waals surface area contributed by atoms with Crippen LogP contribution in [-0.2, 0) is 28.7 Å². The van der Waals surface area contributed by atoms with Gasteiger partial charge in [-0.3, -0.25) is 9.97 Å². The molecule has 14 heteroatoms. The molecule has 0 spiro atoms. The van der Waals surface area contributed by atoms with Crippen LogP contribution in [0.25, 0.3) is 12.2 Å². The summed E-state index contributed by atoms with van der Waals surface area (Å²) in [5.74, 6) is -0.118. The summed E-state index contributed by atoms with van der Waals surface area (Å²) in [6, 6.07) is 21.0. The molecule has 0 bridgehead atoms. The van der Waals surface area contributed by atoms with E-state index in [2.05, 4.69) is 33.3 Å². The first-order valence-corrected chi connectivity index (χ1v) is 19.0. The van der Waals surface area contributed by atoms with Crippen molar-refractivity contribution < 1.29 is 47.6 Å². The zero-order valence-electron chi connectivity index (χ0n) is 33.5. The molecule has 2 heterocycles. The lowest BCUT2D eigenvalue weighted by molar-refractivity contribution is -0.138. The molecule has 0 amide bonds. The van der Waals surface area contributed by atoms with E-state index in [-0.39, 0.29) is 11.5 Å². The molecule has 4 aromatic rings. The average Bonchev–Trinajstić information content (AvgIpc) is 3.27. The molecular formula is C46H46N4O10. The number of benzene rings is 2. The van der Waals surface area contributed by atoms with Crippen molar-refractivity contribution in [3.63, 3.8) is 0 Å². The number of carbonyl (C=O) groups is 4. The molecule has 0 radical (unpaired) electrons. The Morgan fingerprint density at radius 3 is 1.23 bits per heavy atom. The number of nitrogens with zero attached hydrogens (tertiary/aromatic N) is 4. The standard InChI is InChI=1S/C46H46N4O10/c1-5-43(51)57-29-9-7-27-55-37-17-11-35(12-18-37)15-25-45(53)59-39-21-23-41(47-31-39)33(3)49-50-34(4)42-24-22-40(32-48-42)60-46(54)26-16-36-13-19-38(20-14-36)56-28-8-10-30-58-44(52)6-2/h5-6,11-26,31-32H,1-2,7-10,27-30H2,3-4H3. The molecule has 60 heavy (non-hydrogen) atoms. The first kappa shape index (κ1) is 45.2. The van der Waals surface area contributed by atoms with Crippen molar-refractivity contribution in [2.24, 2.45) is 10.2 Å². The topological polar surface area (TPSA) is 174 Å². The summed E-state index contributed by atoms with van der Waals surface area (Å²) in [7, 11) is 0. The van der Waals surface area contributed by atoms with Crippen molar-refractivity contribution >= 4 is 47.5 Å². The van der Waals surface area contributed by atoms with Crippen LogP contribution in [0.5, 0.6) is 23.0 Å². The minimum atomic E-state index is -0.568. The van der Waals surface area contributed by atoms with E-state index in [0.717, 1.165) is 36.1 Å². The zero-order valence-corrected chi connectivity index (χ0v) is 33.5. The van der Waals surface area contributed by atoms with E-state index in [4.69, 9.17) is 28.4 Å². The maximum absolute atomic E-state index is 12.4. The minimum absolute atomic E-state index is 0.264. The maximum atomic E-state index is 12.4. The Bertz CT molecular complexity index is 2020. The lowest BCUT2D eigenvalue weighted by Crippen LogP contribution is -2.06. The minimum Gasteiger partial charge on any atom is -0.494 e. The van der Waals surface area contributed by atoms with Crippen LogP contribution in [0.4, 0.5) is 0 Å². The third kappa shape index (κ3) is 16.9. The fraction of sp³-hybridized carbons (Fsp3) is 0.217. The van der Waals surface area contributed by atoms with E-state index in [0.29, 0.717) is 73.6 Å². The SMILES string of the molecule is C=CC(=O)OCCCCOc1ccc(C=CC(=O)Oc2ccc(C(C)=NN=C(C)c3ccc(OC(=O)C=Cc4ccc(OCCCCOC(=O)C=C)cc4)cn3)nc2)cc1. The zero-order chi connectivity index (χ0) is 43.0. The molecule has 2 aromatic carbocycles. The molecule has 310 valence electrons. The van der Waals surface area contributed by atoms with Gasteiger partial charge in [0.1, 0.15) is 23.0 Å². The average molecular weight is 815 g/mol. The molecule has 0 atom stereocenters. The van der Waals surface area contributed by atoms with Crippen molar-refractivity contribution in [1.82, 2.24) is 9.97 Å². The number of hydrogen-bond donors (Lipinski definition) is 0. The predicted molar refractivity (Wildman–Crippen MR) is 227 cm³/mol. The van der Waals surface area contributed by atoms with Gasteiger partial charge in [0, 0.05) is 24.3 Å².